The molecule has 1 saturated carbocycles. The van der Waals surface area contributed by atoms with Crippen LogP contribution in [0.15, 0.2) is 48.5 Å². The van der Waals surface area contributed by atoms with Gasteiger partial charge in [0.05, 0.1) is 30.9 Å². The molecule has 3 fully saturated rings. The van der Waals surface area contributed by atoms with E-state index < -0.39 is 0 Å². The Hall–Kier alpha value is -2.97. The Morgan fingerprint density at radius 2 is 1.55 bits per heavy atom. The molecule has 0 aromatic heterocycles. The van der Waals surface area contributed by atoms with Gasteiger partial charge in [0, 0.05) is 5.92 Å². The molecule has 162 valence electrons. The van der Waals surface area contributed by atoms with Crippen LogP contribution in [0.1, 0.15) is 23.2 Å². The van der Waals surface area contributed by atoms with E-state index in [0.717, 1.165) is 12.8 Å². The van der Waals surface area contributed by atoms with Gasteiger partial charge in [-0.15, -0.1) is 0 Å². The van der Waals surface area contributed by atoms with Crippen molar-refractivity contribution in [2.45, 2.75) is 37.1 Å². The second-order valence-corrected chi connectivity index (χ2v) is 8.12. The lowest BCUT2D eigenvalue weighted by molar-refractivity contribution is -0.123. The van der Waals surface area contributed by atoms with Crippen LogP contribution < -0.4 is 15.4 Å². The monoisotopic (exact) mass is 426 g/mol. The third-order valence-corrected chi connectivity index (χ3v) is 5.82. The second-order valence-electron chi connectivity index (χ2n) is 8.12. The van der Waals surface area contributed by atoms with Crippen molar-refractivity contribution >= 4 is 11.8 Å². The van der Waals surface area contributed by atoms with Gasteiger partial charge < -0.3 is 24.8 Å². The first kappa shape index (κ1) is 20.0. The lowest BCUT2D eigenvalue weighted by atomic mass is 10.1. The van der Waals surface area contributed by atoms with Gasteiger partial charge in [0.25, 0.3) is 5.91 Å². The van der Waals surface area contributed by atoms with Crippen LogP contribution >= 0.6 is 0 Å². The molecule has 0 bridgehead atoms. The van der Waals surface area contributed by atoms with E-state index in [9.17, 15) is 14.0 Å². The van der Waals surface area contributed by atoms with E-state index in [2.05, 4.69) is 10.6 Å². The molecule has 2 aromatic rings. The minimum absolute atomic E-state index is 0.0530. The number of ether oxygens (including phenoxy) is 3. The van der Waals surface area contributed by atoms with Gasteiger partial charge >= 0.3 is 0 Å². The Labute approximate surface area is 178 Å². The molecule has 2 N–H and O–H groups in total. The van der Waals surface area contributed by atoms with Gasteiger partial charge in [-0.2, -0.15) is 0 Å². The molecular formula is C23H23FN2O5. The molecule has 2 amide bonds. The van der Waals surface area contributed by atoms with Crippen LogP contribution in [0.2, 0.25) is 0 Å². The third-order valence-electron chi connectivity index (χ3n) is 5.82. The third kappa shape index (κ3) is 4.26. The Balaban J connectivity index is 1.24. The van der Waals surface area contributed by atoms with E-state index in [1.807, 2.05) is 0 Å². The second kappa shape index (κ2) is 8.28. The van der Waals surface area contributed by atoms with Gasteiger partial charge in [0.1, 0.15) is 29.5 Å². The largest absolute Gasteiger partial charge is 0.457 e. The first-order valence-corrected chi connectivity index (χ1v) is 10.5. The molecule has 8 heteroatoms. The Morgan fingerprint density at radius 1 is 0.903 bits per heavy atom. The molecule has 1 aliphatic carbocycles. The van der Waals surface area contributed by atoms with E-state index >= 15 is 0 Å². The zero-order chi connectivity index (χ0) is 21.4. The zero-order valence-corrected chi connectivity index (χ0v) is 16.8. The van der Waals surface area contributed by atoms with Crippen LogP contribution in [0.5, 0.6) is 11.5 Å². The number of benzene rings is 2. The average Bonchev–Trinajstić information content (AvgIpc) is 3.45. The van der Waals surface area contributed by atoms with Gasteiger partial charge in [-0.25, -0.2) is 4.39 Å². The quantitative estimate of drug-likeness (QED) is 0.741. The average molecular weight is 426 g/mol. The van der Waals surface area contributed by atoms with Crippen molar-refractivity contribution in [2.24, 2.45) is 5.92 Å². The van der Waals surface area contributed by atoms with Crippen LogP contribution in [0.25, 0.3) is 0 Å². The minimum Gasteiger partial charge on any atom is -0.457 e. The summed E-state index contributed by atoms with van der Waals surface area (Å²) >= 11 is 0. The number of halogens is 1. The Kier molecular flexibility index (Phi) is 5.33. The highest BCUT2D eigenvalue weighted by Crippen LogP contribution is 2.32. The predicted octanol–water partition coefficient (Wildman–Crippen LogP) is 2.41. The van der Waals surface area contributed by atoms with Gasteiger partial charge in [-0.05, 0) is 49.2 Å². The topological polar surface area (TPSA) is 85.9 Å². The number of carbonyl (C=O) groups is 2. The maximum Gasteiger partial charge on any atom is 0.255 e. The molecule has 5 rings (SSSR count). The van der Waals surface area contributed by atoms with Gasteiger partial charge in [0.15, 0.2) is 0 Å². The van der Waals surface area contributed by atoms with Gasteiger partial charge in [-0.1, -0.05) is 12.1 Å². The summed E-state index contributed by atoms with van der Waals surface area (Å²) in [5.41, 5.74) is 0.354. The summed E-state index contributed by atoms with van der Waals surface area (Å²) in [5, 5.41) is 5.98. The first-order chi connectivity index (χ1) is 15.1. The summed E-state index contributed by atoms with van der Waals surface area (Å²) in [4.78, 5) is 25.1. The molecule has 7 nitrogen and oxygen atoms in total. The van der Waals surface area contributed by atoms with E-state index in [1.165, 1.54) is 24.3 Å². The molecule has 31 heavy (non-hydrogen) atoms. The van der Waals surface area contributed by atoms with Crippen LogP contribution in [0.4, 0.5) is 4.39 Å². The molecule has 4 atom stereocenters. The van der Waals surface area contributed by atoms with Crippen molar-refractivity contribution in [3.63, 3.8) is 0 Å². The molecule has 2 saturated heterocycles. The smallest absolute Gasteiger partial charge is 0.255 e. The number of nitrogens with one attached hydrogen (secondary N) is 2. The van der Waals surface area contributed by atoms with Crippen molar-refractivity contribution in [1.29, 1.82) is 0 Å². The standard InChI is InChI=1S/C23H23FN2O5/c24-14-7-9-15(10-8-14)31-19-4-2-1-3-16(19)23(28)26-18-12-30-20-17(11-29-21(18)20)25-22(27)13-5-6-13/h1-4,7-10,13,17-18,20-21H,5-6,11-12H2,(H,25,27)(H,26,28)/t17-,18?,20+,21+/m0/s1. The van der Waals surface area contributed by atoms with Crippen molar-refractivity contribution in [2.75, 3.05) is 13.2 Å². The molecule has 3 aliphatic rings. The number of hydrogen-bond acceptors (Lipinski definition) is 5. The van der Waals surface area contributed by atoms with Crippen LogP contribution in [-0.4, -0.2) is 49.3 Å². The first-order valence-electron chi connectivity index (χ1n) is 10.5. The maximum absolute atomic E-state index is 13.1. The van der Waals surface area contributed by atoms with Crippen molar-refractivity contribution in [3.05, 3.63) is 59.9 Å². The molecule has 0 radical (unpaired) electrons. The highest BCUT2D eigenvalue weighted by atomic mass is 19.1. The highest BCUT2D eigenvalue weighted by molar-refractivity contribution is 5.97. The SMILES string of the molecule is O=C(NC1CO[C@@H]2[C@@H](NC(=O)C3CC3)CO[C@H]12)c1ccccc1Oc1ccc(F)cc1. The van der Waals surface area contributed by atoms with E-state index in [0.29, 0.717) is 30.3 Å². The lowest BCUT2D eigenvalue weighted by Gasteiger charge is -2.19. The minimum atomic E-state index is -0.364. The van der Waals surface area contributed by atoms with Gasteiger partial charge in [0.2, 0.25) is 5.91 Å². The summed E-state index contributed by atoms with van der Waals surface area (Å²) in [7, 11) is 0. The van der Waals surface area contributed by atoms with Gasteiger partial charge in [-0.3, -0.25) is 9.59 Å². The fourth-order valence-corrected chi connectivity index (χ4v) is 4.01. The summed E-state index contributed by atoms with van der Waals surface area (Å²) in [5.74, 6) is 0.285. The Bertz CT molecular complexity index is 978. The Morgan fingerprint density at radius 3 is 2.23 bits per heavy atom. The summed E-state index contributed by atoms with van der Waals surface area (Å²) < 4.78 is 30.6. The normalized spacial score (nSPS) is 26.9. The number of rotatable bonds is 6. The number of para-hydroxylation sites is 1. The molecule has 1 unspecified atom stereocenters. The maximum atomic E-state index is 13.1. The highest BCUT2D eigenvalue weighted by Gasteiger charge is 2.49. The molecule has 0 spiro atoms. The molecule has 2 heterocycles. The van der Waals surface area contributed by atoms with Crippen molar-refractivity contribution in [1.82, 2.24) is 10.6 Å². The fourth-order valence-electron chi connectivity index (χ4n) is 4.01. The summed E-state index contributed by atoms with van der Waals surface area (Å²) in [6, 6.07) is 11.9. The molecule has 2 aromatic carbocycles. The van der Waals surface area contributed by atoms with Crippen LogP contribution in [0, 0.1) is 11.7 Å². The molecular weight excluding hydrogens is 403 g/mol. The molecule has 2 aliphatic heterocycles. The summed E-state index contributed by atoms with van der Waals surface area (Å²) in [6.45, 7) is 0.669. The summed E-state index contributed by atoms with van der Waals surface area (Å²) in [6.07, 6.45) is 1.27. The van der Waals surface area contributed by atoms with E-state index in [1.54, 1.807) is 24.3 Å². The predicted molar refractivity (Wildman–Crippen MR) is 108 cm³/mol. The van der Waals surface area contributed by atoms with Crippen LogP contribution in [0.3, 0.4) is 0 Å². The number of amides is 2. The van der Waals surface area contributed by atoms with Crippen molar-refractivity contribution in [3.8, 4) is 11.5 Å². The van der Waals surface area contributed by atoms with E-state index in [4.69, 9.17) is 14.2 Å². The zero-order valence-electron chi connectivity index (χ0n) is 16.8. The number of carbonyl (C=O) groups excluding carboxylic acids is 2. The lowest BCUT2D eigenvalue weighted by Crippen LogP contribution is -2.47. The number of hydrogen-bond donors (Lipinski definition) is 2. The van der Waals surface area contributed by atoms with Crippen LogP contribution in [-0.2, 0) is 14.3 Å². The van der Waals surface area contributed by atoms with E-state index in [-0.39, 0.29) is 47.8 Å². The fraction of sp³-hybridized carbons (Fsp3) is 0.391. The number of fused-ring (bicyclic) bond motifs is 1. The van der Waals surface area contributed by atoms with Crippen molar-refractivity contribution < 1.29 is 28.2 Å².